The summed E-state index contributed by atoms with van der Waals surface area (Å²) in [6, 6.07) is 15.7. The van der Waals surface area contributed by atoms with Gasteiger partial charge < -0.3 is 15.0 Å². The van der Waals surface area contributed by atoms with Gasteiger partial charge in [-0.2, -0.15) is 0 Å². The predicted molar refractivity (Wildman–Crippen MR) is 114 cm³/mol. The van der Waals surface area contributed by atoms with Crippen molar-refractivity contribution >= 4 is 29.3 Å². The number of amides is 2. The number of likely N-dealkylation sites (tertiary alicyclic amines) is 1. The minimum atomic E-state index is -0.0865. The average Bonchev–Trinajstić information content (AvgIpc) is 3.18. The molecule has 0 spiro atoms. The predicted octanol–water partition coefficient (Wildman–Crippen LogP) is 4.04. The van der Waals surface area contributed by atoms with Gasteiger partial charge in [0.05, 0.1) is 24.7 Å². The second-order valence-corrected chi connectivity index (χ2v) is 7.91. The molecule has 0 saturated carbocycles. The van der Waals surface area contributed by atoms with Crippen LogP contribution in [0, 0.1) is 6.92 Å². The van der Waals surface area contributed by atoms with Crippen LogP contribution >= 0.6 is 11.8 Å². The summed E-state index contributed by atoms with van der Waals surface area (Å²) in [4.78, 5) is 26.7. The summed E-state index contributed by atoms with van der Waals surface area (Å²) in [7, 11) is 1.65. The standard InChI is InChI=1S/C22H26N2O3S/c1-16-5-3-6-18(13-16)23-21(25)14-28-15-22(26)24-12-4-7-20(24)17-8-10-19(27-2)11-9-17/h3,5-6,8-11,13,20H,4,7,12,14-15H2,1-2H3,(H,23,25)/t20-/m1/s1. The van der Waals surface area contributed by atoms with Crippen LogP contribution in [0.3, 0.4) is 0 Å². The van der Waals surface area contributed by atoms with Crippen molar-refractivity contribution < 1.29 is 14.3 Å². The number of rotatable bonds is 7. The van der Waals surface area contributed by atoms with Gasteiger partial charge in [0.1, 0.15) is 5.75 Å². The molecule has 2 amide bonds. The number of thioether (sulfide) groups is 1. The van der Waals surface area contributed by atoms with Gasteiger partial charge in [0.15, 0.2) is 0 Å². The molecular formula is C22H26N2O3S. The summed E-state index contributed by atoms with van der Waals surface area (Å²) in [6.45, 7) is 2.75. The summed E-state index contributed by atoms with van der Waals surface area (Å²) in [5, 5.41) is 2.87. The number of carbonyl (C=O) groups excluding carboxylic acids is 2. The summed E-state index contributed by atoms with van der Waals surface area (Å²) >= 11 is 1.36. The molecule has 5 nitrogen and oxygen atoms in total. The Hall–Kier alpha value is -2.47. The minimum absolute atomic E-state index is 0.0865. The Morgan fingerprint density at radius 1 is 1.18 bits per heavy atom. The molecule has 3 rings (SSSR count). The van der Waals surface area contributed by atoms with Crippen molar-refractivity contribution in [2.75, 3.05) is 30.5 Å². The second-order valence-electron chi connectivity index (χ2n) is 6.93. The van der Waals surface area contributed by atoms with Gasteiger partial charge in [-0.05, 0) is 55.2 Å². The molecule has 148 valence electrons. The summed E-state index contributed by atoms with van der Waals surface area (Å²) < 4.78 is 5.21. The Labute approximate surface area is 170 Å². The molecule has 1 aliphatic heterocycles. The number of methoxy groups -OCH3 is 1. The van der Waals surface area contributed by atoms with Gasteiger partial charge in [0, 0.05) is 12.2 Å². The van der Waals surface area contributed by atoms with E-state index in [2.05, 4.69) is 5.32 Å². The van der Waals surface area contributed by atoms with Gasteiger partial charge in [-0.1, -0.05) is 24.3 Å². The normalized spacial score (nSPS) is 16.1. The average molecular weight is 399 g/mol. The lowest BCUT2D eigenvalue weighted by atomic mass is 10.0. The molecule has 2 aromatic rings. The number of anilines is 1. The molecule has 28 heavy (non-hydrogen) atoms. The van der Waals surface area contributed by atoms with Gasteiger partial charge in [-0.3, -0.25) is 9.59 Å². The van der Waals surface area contributed by atoms with E-state index in [1.807, 2.05) is 60.4 Å². The third-order valence-electron chi connectivity index (χ3n) is 4.83. The van der Waals surface area contributed by atoms with Crippen molar-refractivity contribution in [3.05, 3.63) is 59.7 Å². The molecule has 0 radical (unpaired) electrons. The van der Waals surface area contributed by atoms with Gasteiger partial charge in [0.25, 0.3) is 0 Å². The van der Waals surface area contributed by atoms with Crippen molar-refractivity contribution in [2.45, 2.75) is 25.8 Å². The molecule has 0 unspecified atom stereocenters. The van der Waals surface area contributed by atoms with E-state index in [4.69, 9.17) is 4.74 Å². The molecule has 0 bridgehead atoms. The van der Waals surface area contributed by atoms with Crippen LogP contribution in [-0.2, 0) is 9.59 Å². The van der Waals surface area contributed by atoms with Crippen LogP contribution in [0.4, 0.5) is 5.69 Å². The molecule has 1 fully saturated rings. The monoisotopic (exact) mass is 398 g/mol. The molecule has 1 N–H and O–H groups in total. The third kappa shape index (κ3) is 5.29. The number of ether oxygens (including phenoxy) is 1. The van der Waals surface area contributed by atoms with E-state index in [-0.39, 0.29) is 23.6 Å². The number of carbonyl (C=O) groups is 2. The highest BCUT2D eigenvalue weighted by atomic mass is 32.2. The van der Waals surface area contributed by atoms with E-state index in [9.17, 15) is 9.59 Å². The Bertz CT molecular complexity index is 823. The lowest BCUT2D eigenvalue weighted by molar-refractivity contribution is -0.129. The zero-order valence-electron chi connectivity index (χ0n) is 16.3. The van der Waals surface area contributed by atoms with Crippen molar-refractivity contribution in [2.24, 2.45) is 0 Å². The van der Waals surface area contributed by atoms with Gasteiger partial charge in [-0.15, -0.1) is 11.8 Å². The van der Waals surface area contributed by atoms with Crippen molar-refractivity contribution in [3.8, 4) is 5.75 Å². The van der Waals surface area contributed by atoms with E-state index in [1.165, 1.54) is 11.8 Å². The van der Waals surface area contributed by atoms with Gasteiger partial charge in [0.2, 0.25) is 11.8 Å². The molecule has 1 aliphatic rings. The fourth-order valence-corrected chi connectivity index (χ4v) is 4.17. The van der Waals surface area contributed by atoms with E-state index in [0.717, 1.165) is 42.0 Å². The molecule has 2 aromatic carbocycles. The highest BCUT2D eigenvalue weighted by Gasteiger charge is 2.29. The number of hydrogen-bond donors (Lipinski definition) is 1. The molecule has 1 saturated heterocycles. The van der Waals surface area contributed by atoms with Crippen molar-refractivity contribution in [1.82, 2.24) is 4.90 Å². The Kier molecular flexibility index (Phi) is 6.98. The molecule has 6 heteroatoms. The van der Waals surface area contributed by atoms with Crippen LogP contribution in [0.5, 0.6) is 5.75 Å². The van der Waals surface area contributed by atoms with Crippen LogP contribution < -0.4 is 10.1 Å². The van der Waals surface area contributed by atoms with E-state index >= 15 is 0 Å². The van der Waals surface area contributed by atoms with Gasteiger partial charge in [-0.25, -0.2) is 0 Å². The maximum atomic E-state index is 12.7. The number of nitrogens with one attached hydrogen (secondary N) is 1. The van der Waals surface area contributed by atoms with Crippen LogP contribution in [0.1, 0.15) is 30.0 Å². The smallest absolute Gasteiger partial charge is 0.234 e. The van der Waals surface area contributed by atoms with E-state index in [0.29, 0.717) is 5.75 Å². The summed E-state index contributed by atoms with van der Waals surface area (Å²) in [5.74, 6) is 1.40. The molecule has 1 atom stereocenters. The highest BCUT2D eigenvalue weighted by molar-refractivity contribution is 8.00. The first-order chi connectivity index (χ1) is 13.6. The van der Waals surface area contributed by atoms with Crippen molar-refractivity contribution in [3.63, 3.8) is 0 Å². The second kappa shape index (κ2) is 9.64. The maximum absolute atomic E-state index is 12.7. The van der Waals surface area contributed by atoms with Crippen LogP contribution in [0.15, 0.2) is 48.5 Å². The molecule has 0 aromatic heterocycles. The fraction of sp³-hybridized carbons (Fsp3) is 0.364. The van der Waals surface area contributed by atoms with Crippen LogP contribution in [0.2, 0.25) is 0 Å². The fourth-order valence-electron chi connectivity index (χ4n) is 3.47. The SMILES string of the molecule is COc1ccc([C@H]2CCCN2C(=O)CSCC(=O)Nc2cccc(C)c2)cc1. The van der Waals surface area contributed by atoms with Crippen molar-refractivity contribution in [1.29, 1.82) is 0 Å². The van der Waals surface area contributed by atoms with Gasteiger partial charge >= 0.3 is 0 Å². The largest absolute Gasteiger partial charge is 0.497 e. The lowest BCUT2D eigenvalue weighted by Gasteiger charge is -2.25. The Balaban J connectivity index is 1.48. The minimum Gasteiger partial charge on any atom is -0.497 e. The van der Waals surface area contributed by atoms with E-state index < -0.39 is 0 Å². The topological polar surface area (TPSA) is 58.6 Å². The zero-order chi connectivity index (χ0) is 19.9. The number of hydrogen-bond acceptors (Lipinski definition) is 4. The number of aryl methyl sites for hydroxylation is 1. The zero-order valence-corrected chi connectivity index (χ0v) is 17.1. The first kappa shape index (κ1) is 20.3. The van der Waals surface area contributed by atoms with E-state index in [1.54, 1.807) is 7.11 Å². The molecular weight excluding hydrogens is 372 g/mol. The Morgan fingerprint density at radius 3 is 2.68 bits per heavy atom. The third-order valence-corrected chi connectivity index (χ3v) is 5.75. The quantitative estimate of drug-likeness (QED) is 0.765. The first-order valence-corrected chi connectivity index (χ1v) is 10.6. The first-order valence-electron chi connectivity index (χ1n) is 9.44. The maximum Gasteiger partial charge on any atom is 0.234 e. The lowest BCUT2D eigenvalue weighted by Crippen LogP contribution is -2.32. The summed E-state index contributed by atoms with van der Waals surface area (Å²) in [5.41, 5.74) is 3.02. The molecule has 0 aliphatic carbocycles. The van der Waals surface area contributed by atoms with Crippen LogP contribution in [-0.4, -0.2) is 41.9 Å². The Morgan fingerprint density at radius 2 is 1.96 bits per heavy atom. The summed E-state index contributed by atoms with van der Waals surface area (Å²) in [6.07, 6.45) is 1.97. The van der Waals surface area contributed by atoms with Crippen LogP contribution in [0.25, 0.3) is 0 Å². The number of nitrogens with zero attached hydrogens (tertiary/aromatic N) is 1. The molecule has 1 heterocycles. The highest BCUT2D eigenvalue weighted by Crippen LogP contribution is 2.33. The number of benzene rings is 2.